The van der Waals surface area contributed by atoms with Crippen molar-refractivity contribution in [2.24, 2.45) is 5.73 Å². The van der Waals surface area contributed by atoms with Gasteiger partial charge in [-0.05, 0) is 57.7 Å². The van der Waals surface area contributed by atoms with Gasteiger partial charge in [-0.2, -0.15) is 0 Å². The van der Waals surface area contributed by atoms with E-state index in [2.05, 4.69) is 0 Å². The molecule has 37 heavy (non-hydrogen) atoms. The highest BCUT2D eigenvalue weighted by Crippen LogP contribution is 2.30. The van der Waals surface area contributed by atoms with E-state index in [1.807, 2.05) is 13.8 Å². The Morgan fingerprint density at radius 2 is 1.35 bits per heavy atom. The smallest absolute Gasteiger partial charge is 0.462 e. The van der Waals surface area contributed by atoms with Gasteiger partial charge >= 0.3 is 24.2 Å². The van der Waals surface area contributed by atoms with Gasteiger partial charge in [0.1, 0.15) is 31.0 Å². The maximum Gasteiger partial charge on any atom is 0.514 e. The van der Waals surface area contributed by atoms with Crippen molar-refractivity contribution in [3.63, 3.8) is 0 Å². The van der Waals surface area contributed by atoms with Crippen molar-refractivity contribution >= 4 is 24.2 Å². The molecule has 0 fully saturated rings. The van der Waals surface area contributed by atoms with Gasteiger partial charge < -0.3 is 34.2 Å². The molecule has 0 bridgehead atoms. The van der Waals surface area contributed by atoms with Crippen LogP contribution in [0.3, 0.4) is 0 Å². The van der Waals surface area contributed by atoms with Crippen LogP contribution < -0.4 is 15.2 Å². The van der Waals surface area contributed by atoms with E-state index < -0.39 is 36.4 Å². The average molecular weight is 526 g/mol. The zero-order valence-electron chi connectivity index (χ0n) is 22.4. The number of benzene rings is 1. The topological polar surface area (TPSA) is 150 Å². The van der Waals surface area contributed by atoms with E-state index in [1.54, 1.807) is 26.8 Å². The second-order valence-corrected chi connectivity index (χ2v) is 8.78. The maximum atomic E-state index is 12.3. The second-order valence-electron chi connectivity index (χ2n) is 8.78. The predicted molar refractivity (Wildman–Crippen MR) is 133 cm³/mol. The summed E-state index contributed by atoms with van der Waals surface area (Å²) in [5.41, 5.74) is 6.49. The van der Waals surface area contributed by atoms with Crippen LogP contribution in [-0.2, 0) is 35.0 Å². The molecular formula is C26H39NO10. The molecule has 0 aliphatic rings. The van der Waals surface area contributed by atoms with Crippen molar-refractivity contribution in [2.45, 2.75) is 98.0 Å². The van der Waals surface area contributed by atoms with E-state index in [0.29, 0.717) is 18.4 Å². The number of hydrogen-bond donors (Lipinski definition) is 1. The maximum absolute atomic E-state index is 12.3. The zero-order valence-corrected chi connectivity index (χ0v) is 22.4. The van der Waals surface area contributed by atoms with Gasteiger partial charge in [-0.25, -0.2) is 9.59 Å². The number of nitrogens with two attached hydrogens (primary N) is 1. The van der Waals surface area contributed by atoms with E-state index in [4.69, 9.17) is 34.2 Å². The monoisotopic (exact) mass is 525 g/mol. The van der Waals surface area contributed by atoms with Crippen LogP contribution in [0.25, 0.3) is 0 Å². The van der Waals surface area contributed by atoms with E-state index in [0.717, 1.165) is 12.8 Å². The van der Waals surface area contributed by atoms with Crippen LogP contribution in [0.2, 0.25) is 0 Å². The molecule has 11 nitrogen and oxygen atoms in total. The standard InChI is InChI=1S/C26H39NO10/c1-7-9-16(3)34-25(30)36-22-12-11-20(14-23(22)37-26(31)35-17(4)10-8-2)13-21(27)24(29)33-18(5)15-32-19(6)28/h11-12,14,16-18,21H,7-10,13,15,27H2,1-6H3/t16?,17?,18-,21+/m1/s1. The Morgan fingerprint density at radius 3 is 1.86 bits per heavy atom. The Kier molecular flexibility index (Phi) is 14.1. The minimum absolute atomic E-state index is 0.0228. The van der Waals surface area contributed by atoms with Crippen molar-refractivity contribution in [2.75, 3.05) is 6.61 Å². The first-order valence-electron chi connectivity index (χ1n) is 12.4. The van der Waals surface area contributed by atoms with E-state index >= 15 is 0 Å². The Bertz CT molecular complexity index is 903. The molecule has 4 atom stereocenters. The molecule has 2 unspecified atom stereocenters. The second kappa shape index (κ2) is 16.4. The molecule has 0 heterocycles. The lowest BCUT2D eigenvalue weighted by Crippen LogP contribution is -2.37. The molecule has 0 saturated carbocycles. The third-order valence-corrected chi connectivity index (χ3v) is 4.98. The number of ether oxygens (including phenoxy) is 6. The molecule has 0 aliphatic heterocycles. The molecule has 11 heteroatoms. The Labute approximate surface area is 217 Å². The summed E-state index contributed by atoms with van der Waals surface area (Å²) in [7, 11) is 0. The lowest BCUT2D eigenvalue weighted by molar-refractivity contribution is -0.157. The van der Waals surface area contributed by atoms with Crippen molar-refractivity contribution in [3.05, 3.63) is 23.8 Å². The molecule has 0 radical (unpaired) electrons. The quantitative estimate of drug-likeness (QED) is 0.208. The summed E-state index contributed by atoms with van der Waals surface area (Å²) in [4.78, 5) is 47.8. The summed E-state index contributed by atoms with van der Waals surface area (Å²) in [5.74, 6) is -1.36. The largest absolute Gasteiger partial charge is 0.514 e. The summed E-state index contributed by atoms with van der Waals surface area (Å²) >= 11 is 0. The van der Waals surface area contributed by atoms with E-state index in [-0.39, 0.29) is 36.7 Å². The minimum atomic E-state index is -1.06. The normalized spacial score (nSPS) is 13.9. The number of carbonyl (C=O) groups excluding carboxylic acids is 4. The van der Waals surface area contributed by atoms with Crippen LogP contribution in [0, 0.1) is 0 Å². The first kappa shape index (κ1) is 31.7. The SMILES string of the molecule is CCCC(C)OC(=O)Oc1ccc(C[C@H](N)C(=O)O[C@H](C)COC(C)=O)cc1OC(=O)OC(C)CCC. The van der Waals surface area contributed by atoms with Crippen LogP contribution in [0.4, 0.5) is 9.59 Å². The van der Waals surface area contributed by atoms with Crippen LogP contribution in [0.1, 0.15) is 72.8 Å². The average Bonchev–Trinajstić information content (AvgIpc) is 2.79. The first-order chi connectivity index (χ1) is 17.4. The lowest BCUT2D eigenvalue weighted by Gasteiger charge is -2.18. The fourth-order valence-electron chi connectivity index (χ4n) is 3.22. The zero-order chi connectivity index (χ0) is 28.0. The molecule has 0 saturated heterocycles. The van der Waals surface area contributed by atoms with Crippen molar-refractivity contribution in [1.82, 2.24) is 0 Å². The number of esters is 2. The highest BCUT2D eigenvalue weighted by molar-refractivity contribution is 5.76. The molecule has 0 aromatic heterocycles. The van der Waals surface area contributed by atoms with Gasteiger partial charge in [0.05, 0.1) is 0 Å². The van der Waals surface area contributed by atoms with Crippen molar-refractivity contribution < 1.29 is 47.6 Å². The Balaban J connectivity index is 2.98. The molecule has 1 rings (SSSR count). The summed E-state index contributed by atoms with van der Waals surface area (Å²) < 4.78 is 31.0. The van der Waals surface area contributed by atoms with Gasteiger partial charge in [0, 0.05) is 6.92 Å². The fourth-order valence-corrected chi connectivity index (χ4v) is 3.22. The number of hydrogen-bond acceptors (Lipinski definition) is 11. The molecule has 208 valence electrons. The van der Waals surface area contributed by atoms with Gasteiger partial charge in [-0.3, -0.25) is 9.59 Å². The first-order valence-corrected chi connectivity index (χ1v) is 12.4. The Hall–Kier alpha value is -3.34. The summed E-state index contributed by atoms with van der Waals surface area (Å²) in [6.45, 7) is 10.1. The highest BCUT2D eigenvalue weighted by atomic mass is 16.7. The summed E-state index contributed by atoms with van der Waals surface area (Å²) in [6.07, 6.45) is -0.368. The molecule has 0 amide bonds. The molecular weight excluding hydrogens is 486 g/mol. The lowest BCUT2D eigenvalue weighted by atomic mass is 10.1. The van der Waals surface area contributed by atoms with Gasteiger partial charge in [0.2, 0.25) is 0 Å². The van der Waals surface area contributed by atoms with Gasteiger partial charge in [-0.15, -0.1) is 0 Å². The van der Waals surface area contributed by atoms with Crippen molar-refractivity contribution in [3.8, 4) is 11.5 Å². The molecule has 1 aromatic rings. The predicted octanol–water partition coefficient (Wildman–Crippen LogP) is 4.46. The van der Waals surface area contributed by atoms with Gasteiger partial charge in [-0.1, -0.05) is 32.8 Å². The van der Waals surface area contributed by atoms with Crippen LogP contribution >= 0.6 is 0 Å². The molecule has 2 N–H and O–H groups in total. The van der Waals surface area contributed by atoms with Gasteiger partial charge in [0.15, 0.2) is 11.5 Å². The van der Waals surface area contributed by atoms with Crippen LogP contribution in [0.15, 0.2) is 18.2 Å². The molecule has 1 aromatic carbocycles. The van der Waals surface area contributed by atoms with Crippen LogP contribution in [-0.4, -0.2) is 55.2 Å². The summed E-state index contributed by atoms with van der Waals surface area (Å²) in [6, 6.07) is 3.32. The molecule has 0 aliphatic carbocycles. The highest BCUT2D eigenvalue weighted by Gasteiger charge is 2.22. The minimum Gasteiger partial charge on any atom is -0.462 e. The van der Waals surface area contributed by atoms with E-state index in [1.165, 1.54) is 19.1 Å². The number of rotatable bonds is 14. The third-order valence-electron chi connectivity index (χ3n) is 4.98. The fraction of sp³-hybridized carbons (Fsp3) is 0.615. The molecule has 0 spiro atoms. The van der Waals surface area contributed by atoms with E-state index in [9.17, 15) is 19.2 Å². The van der Waals surface area contributed by atoms with Crippen molar-refractivity contribution in [1.29, 1.82) is 0 Å². The summed E-state index contributed by atoms with van der Waals surface area (Å²) in [5, 5.41) is 0. The van der Waals surface area contributed by atoms with Crippen LogP contribution in [0.5, 0.6) is 11.5 Å². The third kappa shape index (κ3) is 13.0. The Morgan fingerprint density at radius 1 is 0.811 bits per heavy atom. The number of carbonyl (C=O) groups is 4. The van der Waals surface area contributed by atoms with Gasteiger partial charge in [0.25, 0.3) is 0 Å².